The highest BCUT2D eigenvalue weighted by Crippen LogP contribution is 2.44. The first-order valence-corrected chi connectivity index (χ1v) is 11.1. The topological polar surface area (TPSA) is 64.5 Å². The number of phenolic OH excluding ortho intramolecular Hbond substituents is 1. The van der Waals surface area contributed by atoms with Gasteiger partial charge in [0.05, 0.1) is 24.9 Å². The second-order valence-corrected chi connectivity index (χ2v) is 8.25. The lowest BCUT2D eigenvalue weighted by molar-refractivity contribution is 0.341. The molecule has 0 aliphatic heterocycles. The van der Waals surface area contributed by atoms with Gasteiger partial charge in [-0.05, 0) is 29.8 Å². The zero-order valence-corrected chi connectivity index (χ0v) is 18.2. The molecule has 2 heterocycles. The van der Waals surface area contributed by atoms with Crippen molar-refractivity contribution in [3.63, 3.8) is 0 Å². The number of ether oxygens (including phenoxy) is 2. The Morgan fingerprint density at radius 1 is 1.03 bits per heavy atom. The van der Waals surface area contributed by atoms with E-state index in [1.165, 1.54) is 31.1 Å². The second-order valence-electron chi connectivity index (χ2n) is 6.39. The van der Waals surface area contributed by atoms with Gasteiger partial charge >= 0.3 is 0 Å². The Hall–Kier alpha value is -3.03. The molecule has 0 fully saturated rings. The quantitative estimate of drug-likeness (QED) is 0.365. The third-order valence-electron chi connectivity index (χ3n) is 4.51. The van der Waals surface area contributed by atoms with Crippen molar-refractivity contribution in [1.82, 2.24) is 9.97 Å². The number of thiazole rings is 1. The average Bonchev–Trinajstić information content (AvgIpc) is 3.28. The molecule has 0 spiro atoms. The van der Waals surface area contributed by atoms with Crippen LogP contribution in [0.15, 0.2) is 71.2 Å². The molecule has 0 unspecified atom stereocenters. The standard InChI is InChI=1S/C23H20N2O3S2/c1-27-19-9-8-17(22(28-2)21(19)26)18-14-30-23(25-18)16-10-11-24-20(12-16)29-13-15-6-4-3-5-7-15/h3-12,14,26H,13H2,1-2H3. The van der Waals surface area contributed by atoms with Crippen LogP contribution in [0.4, 0.5) is 0 Å². The van der Waals surface area contributed by atoms with Gasteiger partial charge in [-0.1, -0.05) is 30.3 Å². The molecule has 2 aromatic carbocycles. The third-order valence-corrected chi connectivity index (χ3v) is 6.40. The van der Waals surface area contributed by atoms with Gasteiger partial charge in [-0.2, -0.15) is 0 Å². The summed E-state index contributed by atoms with van der Waals surface area (Å²) in [6, 6.07) is 17.9. The molecular formula is C23H20N2O3S2. The van der Waals surface area contributed by atoms with Crippen LogP contribution in [-0.2, 0) is 5.75 Å². The minimum atomic E-state index is -0.0319. The summed E-state index contributed by atoms with van der Waals surface area (Å²) in [5.74, 6) is 1.54. The molecule has 2 aromatic heterocycles. The fraction of sp³-hybridized carbons (Fsp3) is 0.130. The molecule has 0 aliphatic rings. The lowest BCUT2D eigenvalue weighted by Gasteiger charge is -2.11. The van der Waals surface area contributed by atoms with Crippen molar-refractivity contribution < 1.29 is 14.6 Å². The van der Waals surface area contributed by atoms with Crippen LogP contribution in [-0.4, -0.2) is 29.3 Å². The normalized spacial score (nSPS) is 10.7. The zero-order chi connectivity index (χ0) is 20.9. The first-order valence-electron chi connectivity index (χ1n) is 9.22. The van der Waals surface area contributed by atoms with E-state index in [1.54, 1.807) is 17.8 Å². The van der Waals surface area contributed by atoms with Gasteiger partial charge in [0.15, 0.2) is 11.5 Å². The Morgan fingerprint density at radius 3 is 2.63 bits per heavy atom. The van der Waals surface area contributed by atoms with E-state index in [1.807, 2.05) is 41.9 Å². The highest BCUT2D eigenvalue weighted by molar-refractivity contribution is 7.98. The first-order chi connectivity index (χ1) is 14.7. The van der Waals surface area contributed by atoms with E-state index < -0.39 is 0 Å². The highest BCUT2D eigenvalue weighted by atomic mass is 32.2. The molecule has 4 rings (SSSR count). The third kappa shape index (κ3) is 4.27. The van der Waals surface area contributed by atoms with Gasteiger partial charge in [0.2, 0.25) is 5.75 Å². The lowest BCUT2D eigenvalue weighted by Crippen LogP contribution is -1.92. The fourth-order valence-electron chi connectivity index (χ4n) is 3.01. The summed E-state index contributed by atoms with van der Waals surface area (Å²) in [6.45, 7) is 0. The van der Waals surface area contributed by atoms with Crippen LogP contribution in [0, 0.1) is 0 Å². The Balaban J connectivity index is 1.58. The summed E-state index contributed by atoms with van der Waals surface area (Å²) in [4.78, 5) is 9.24. The predicted octanol–water partition coefficient (Wildman–Crippen LogP) is 5.89. The predicted molar refractivity (Wildman–Crippen MR) is 122 cm³/mol. The van der Waals surface area contributed by atoms with Crippen LogP contribution in [0.5, 0.6) is 17.2 Å². The molecule has 0 radical (unpaired) electrons. The van der Waals surface area contributed by atoms with Gasteiger partial charge < -0.3 is 14.6 Å². The van der Waals surface area contributed by atoms with Gasteiger partial charge in [-0.25, -0.2) is 9.97 Å². The molecule has 0 bridgehead atoms. The minimum absolute atomic E-state index is 0.0319. The number of methoxy groups -OCH3 is 2. The number of hydrogen-bond acceptors (Lipinski definition) is 7. The smallest absolute Gasteiger partial charge is 0.201 e. The number of aromatic hydroxyl groups is 1. The number of aromatic nitrogens is 2. The summed E-state index contributed by atoms with van der Waals surface area (Å²) in [7, 11) is 3.02. The maximum Gasteiger partial charge on any atom is 0.201 e. The number of pyridine rings is 1. The number of nitrogens with zero attached hydrogens (tertiary/aromatic N) is 2. The largest absolute Gasteiger partial charge is 0.502 e. The molecule has 0 atom stereocenters. The van der Waals surface area contributed by atoms with Crippen LogP contribution in [0.2, 0.25) is 0 Å². The van der Waals surface area contributed by atoms with Crippen LogP contribution in [0.3, 0.4) is 0 Å². The molecule has 30 heavy (non-hydrogen) atoms. The molecule has 0 saturated carbocycles. The maximum absolute atomic E-state index is 10.4. The lowest BCUT2D eigenvalue weighted by atomic mass is 10.1. The maximum atomic E-state index is 10.4. The number of hydrogen-bond donors (Lipinski definition) is 1. The number of phenols is 1. The molecule has 0 aliphatic carbocycles. The van der Waals surface area contributed by atoms with Crippen molar-refractivity contribution in [2.24, 2.45) is 0 Å². The Bertz CT molecular complexity index is 1150. The molecule has 5 nitrogen and oxygen atoms in total. The average molecular weight is 437 g/mol. The number of rotatable bonds is 7. The van der Waals surface area contributed by atoms with Gasteiger partial charge in [0.1, 0.15) is 5.01 Å². The van der Waals surface area contributed by atoms with Gasteiger partial charge in [0, 0.05) is 28.5 Å². The summed E-state index contributed by atoms with van der Waals surface area (Å²) in [5.41, 5.74) is 3.72. The van der Waals surface area contributed by atoms with Crippen molar-refractivity contribution in [3.05, 3.63) is 71.7 Å². The van der Waals surface area contributed by atoms with Gasteiger partial charge in [-0.15, -0.1) is 23.1 Å². The zero-order valence-electron chi connectivity index (χ0n) is 16.5. The fourth-order valence-corrected chi connectivity index (χ4v) is 4.68. The second kappa shape index (κ2) is 9.19. The molecule has 1 N–H and O–H groups in total. The molecule has 0 saturated heterocycles. The molecule has 0 amide bonds. The molecule has 7 heteroatoms. The van der Waals surface area contributed by atoms with Crippen molar-refractivity contribution >= 4 is 23.1 Å². The van der Waals surface area contributed by atoms with Crippen molar-refractivity contribution in [2.75, 3.05) is 14.2 Å². The monoisotopic (exact) mass is 436 g/mol. The molecule has 152 valence electrons. The van der Waals surface area contributed by atoms with Gasteiger partial charge in [-0.3, -0.25) is 0 Å². The SMILES string of the molecule is COc1ccc(-c2csc(-c3ccnc(SCc4ccccc4)c3)n2)c(OC)c1O. The van der Waals surface area contributed by atoms with E-state index in [0.29, 0.717) is 17.1 Å². The van der Waals surface area contributed by atoms with E-state index >= 15 is 0 Å². The Kier molecular flexibility index (Phi) is 6.21. The Labute approximate surface area is 183 Å². The number of thioether (sulfide) groups is 1. The van der Waals surface area contributed by atoms with Crippen LogP contribution in [0.25, 0.3) is 21.8 Å². The summed E-state index contributed by atoms with van der Waals surface area (Å²) in [5, 5.41) is 14.1. The van der Waals surface area contributed by atoms with Crippen molar-refractivity contribution in [3.8, 4) is 39.1 Å². The van der Waals surface area contributed by atoms with Crippen LogP contribution in [0.1, 0.15) is 5.56 Å². The highest BCUT2D eigenvalue weighted by Gasteiger charge is 2.18. The van der Waals surface area contributed by atoms with E-state index in [9.17, 15) is 5.11 Å². The summed E-state index contributed by atoms with van der Waals surface area (Å²) < 4.78 is 10.6. The van der Waals surface area contributed by atoms with Crippen molar-refractivity contribution in [1.29, 1.82) is 0 Å². The first kappa shape index (κ1) is 20.3. The van der Waals surface area contributed by atoms with E-state index in [4.69, 9.17) is 14.5 Å². The van der Waals surface area contributed by atoms with Gasteiger partial charge in [0.25, 0.3) is 0 Å². The van der Waals surface area contributed by atoms with E-state index in [2.05, 4.69) is 23.2 Å². The minimum Gasteiger partial charge on any atom is -0.502 e. The summed E-state index contributed by atoms with van der Waals surface area (Å²) >= 11 is 3.24. The Morgan fingerprint density at radius 2 is 1.87 bits per heavy atom. The summed E-state index contributed by atoms with van der Waals surface area (Å²) in [6.07, 6.45) is 1.81. The van der Waals surface area contributed by atoms with Crippen molar-refractivity contribution in [2.45, 2.75) is 10.8 Å². The molecular weight excluding hydrogens is 416 g/mol. The van der Waals surface area contributed by atoms with E-state index in [0.717, 1.165) is 27.0 Å². The van der Waals surface area contributed by atoms with Crippen LogP contribution >= 0.6 is 23.1 Å². The van der Waals surface area contributed by atoms with E-state index in [-0.39, 0.29) is 5.75 Å². The number of benzene rings is 2. The molecule has 4 aromatic rings. The van der Waals surface area contributed by atoms with Crippen LogP contribution < -0.4 is 9.47 Å².